The number of aryl methyl sites for hydroxylation is 1. The lowest BCUT2D eigenvalue weighted by molar-refractivity contribution is 0.130. The fourth-order valence-electron chi connectivity index (χ4n) is 1.02. The van der Waals surface area contributed by atoms with E-state index in [4.69, 9.17) is 14.7 Å². The van der Waals surface area contributed by atoms with Gasteiger partial charge in [-0.1, -0.05) is 12.1 Å². The highest BCUT2D eigenvalue weighted by Gasteiger charge is 2.28. The van der Waals surface area contributed by atoms with Gasteiger partial charge in [-0.3, -0.25) is 0 Å². The molecule has 0 atom stereocenters. The average Bonchev–Trinajstić information content (AvgIpc) is 2.61. The summed E-state index contributed by atoms with van der Waals surface area (Å²) in [6.45, 7) is 3.16. The van der Waals surface area contributed by atoms with Gasteiger partial charge in [-0.25, -0.2) is 0 Å². The standard InChI is InChI=1S/C8H15N3O3/c1-3-8(4-12,5-13)10-7-9-6(2)11-14-7/h12-13H,3-5H2,1-2H3,(H,9,10,11). The normalized spacial score (nSPS) is 11.7. The van der Waals surface area contributed by atoms with Crippen LogP contribution in [0.3, 0.4) is 0 Å². The predicted octanol–water partition coefficient (Wildman–Crippen LogP) is -0.0767. The molecular weight excluding hydrogens is 186 g/mol. The Kier molecular flexibility index (Phi) is 3.43. The van der Waals surface area contributed by atoms with Gasteiger partial charge in [-0.15, -0.1) is 0 Å². The smallest absolute Gasteiger partial charge is 0.322 e. The second kappa shape index (κ2) is 4.39. The third kappa shape index (κ3) is 2.21. The van der Waals surface area contributed by atoms with Crippen molar-refractivity contribution in [2.45, 2.75) is 25.8 Å². The number of hydrogen-bond donors (Lipinski definition) is 3. The van der Waals surface area contributed by atoms with Gasteiger partial charge in [-0.2, -0.15) is 4.98 Å². The van der Waals surface area contributed by atoms with E-state index in [0.29, 0.717) is 12.2 Å². The van der Waals surface area contributed by atoms with Crippen LogP contribution in [-0.4, -0.2) is 39.1 Å². The van der Waals surface area contributed by atoms with Crippen LogP contribution in [0.4, 0.5) is 6.01 Å². The van der Waals surface area contributed by atoms with Crippen molar-refractivity contribution in [1.82, 2.24) is 10.1 Å². The number of nitrogens with zero attached hydrogens (tertiary/aromatic N) is 2. The number of nitrogens with one attached hydrogen (secondary N) is 1. The van der Waals surface area contributed by atoms with Crippen LogP contribution < -0.4 is 5.32 Å². The molecule has 80 valence electrons. The summed E-state index contributed by atoms with van der Waals surface area (Å²) in [5.74, 6) is 0.508. The van der Waals surface area contributed by atoms with Crippen molar-refractivity contribution < 1.29 is 14.7 Å². The van der Waals surface area contributed by atoms with Crippen molar-refractivity contribution in [2.24, 2.45) is 0 Å². The summed E-state index contributed by atoms with van der Waals surface area (Å²) in [6, 6.07) is 0.215. The monoisotopic (exact) mass is 201 g/mol. The lowest BCUT2D eigenvalue weighted by Gasteiger charge is -2.28. The Bertz CT molecular complexity index is 275. The molecule has 14 heavy (non-hydrogen) atoms. The van der Waals surface area contributed by atoms with Gasteiger partial charge in [0.15, 0.2) is 5.82 Å². The minimum absolute atomic E-state index is 0.193. The number of aliphatic hydroxyl groups excluding tert-OH is 2. The highest BCUT2D eigenvalue weighted by atomic mass is 16.5. The van der Waals surface area contributed by atoms with E-state index < -0.39 is 5.54 Å². The quantitative estimate of drug-likeness (QED) is 0.617. The fraction of sp³-hybridized carbons (Fsp3) is 0.750. The molecule has 1 heterocycles. The van der Waals surface area contributed by atoms with Gasteiger partial charge in [0.25, 0.3) is 0 Å². The van der Waals surface area contributed by atoms with Crippen LogP contribution in [0.2, 0.25) is 0 Å². The zero-order chi connectivity index (χ0) is 10.6. The van der Waals surface area contributed by atoms with E-state index in [0.717, 1.165) is 0 Å². The molecular formula is C8H15N3O3. The maximum Gasteiger partial charge on any atom is 0.322 e. The minimum Gasteiger partial charge on any atom is -0.394 e. The summed E-state index contributed by atoms with van der Waals surface area (Å²) >= 11 is 0. The Balaban J connectivity index is 2.73. The predicted molar refractivity (Wildman–Crippen MR) is 49.9 cm³/mol. The van der Waals surface area contributed by atoms with Gasteiger partial charge >= 0.3 is 6.01 Å². The van der Waals surface area contributed by atoms with Gasteiger partial charge in [0.2, 0.25) is 0 Å². The van der Waals surface area contributed by atoms with Gasteiger partial charge in [-0.05, 0) is 13.3 Å². The summed E-state index contributed by atoms with van der Waals surface area (Å²) in [6.07, 6.45) is 0.557. The van der Waals surface area contributed by atoms with E-state index in [9.17, 15) is 0 Å². The van der Waals surface area contributed by atoms with Gasteiger partial charge in [0.1, 0.15) is 0 Å². The van der Waals surface area contributed by atoms with Crippen molar-refractivity contribution >= 4 is 6.01 Å². The van der Waals surface area contributed by atoms with Crippen LogP contribution >= 0.6 is 0 Å². The molecule has 0 unspecified atom stereocenters. The summed E-state index contributed by atoms with van der Waals surface area (Å²) < 4.78 is 4.83. The molecule has 0 fully saturated rings. The maximum absolute atomic E-state index is 9.13. The maximum atomic E-state index is 9.13. The van der Waals surface area contributed by atoms with Crippen LogP contribution in [-0.2, 0) is 0 Å². The van der Waals surface area contributed by atoms with Gasteiger partial charge < -0.3 is 20.1 Å². The Morgan fingerprint density at radius 2 is 2.07 bits per heavy atom. The third-order valence-corrected chi connectivity index (χ3v) is 2.18. The number of aromatic nitrogens is 2. The zero-order valence-electron chi connectivity index (χ0n) is 8.32. The van der Waals surface area contributed by atoms with E-state index in [2.05, 4.69) is 15.5 Å². The molecule has 0 aliphatic rings. The molecule has 0 spiro atoms. The molecule has 0 bridgehead atoms. The van der Waals surface area contributed by atoms with Crippen LogP contribution in [0.25, 0.3) is 0 Å². The number of anilines is 1. The highest BCUT2D eigenvalue weighted by Crippen LogP contribution is 2.16. The van der Waals surface area contributed by atoms with E-state index in [1.807, 2.05) is 6.92 Å². The summed E-state index contributed by atoms with van der Waals surface area (Å²) in [4.78, 5) is 3.93. The summed E-state index contributed by atoms with van der Waals surface area (Å²) in [7, 11) is 0. The highest BCUT2D eigenvalue weighted by molar-refractivity contribution is 5.25. The summed E-state index contributed by atoms with van der Waals surface area (Å²) in [5, 5.41) is 24.7. The summed E-state index contributed by atoms with van der Waals surface area (Å²) in [5.41, 5.74) is -0.793. The molecule has 0 saturated heterocycles. The SMILES string of the molecule is CCC(CO)(CO)Nc1nc(C)no1. The minimum atomic E-state index is -0.793. The van der Waals surface area contributed by atoms with Crippen LogP contribution in [0, 0.1) is 6.92 Å². The van der Waals surface area contributed by atoms with Crippen molar-refractivity contribution in [3.8, 4) is 0 Å². The van der Waals surface area contributed by atoms with Crippen molar-refractivity contribution in [3.63, 3.8) is 0 Å². The Morgan fingerprint density at radius 3 is 2.43 bits per heavy atom. The average molecular weight is 201 g/mol. The lowest BCUT2D eigenvalue weighted by Crippen LogP contribution is -2.45. The molecule has 0 radical (unpaired) electrons. The molecule has 1 aromatic rings. The molecule has 0 aliphatic heterocycles. The van der Waals surface area contributed by atoms with E-state index in [-0.39, 0.29) is 19.2 Å². The number of hydrogen-bond acceptors (Lipinski definition) is 6. The Hall–Kier alpha value is -1.14. The fourth-order valence-corrected chi connectivity index (χ4v) is 1.02. The second-order valence-corrected chi connectivity index (χ2v) is 3.22. The van der Waals surface area contributed by atoms with Crippen molar-refractivity contribution in [3.05, 3.63) is 5.82 Å². The van der Waals surface area contributed by atoms with Crippen LogP contribution in [0.15, 0.2) is 4.52 Å². The van der Waals surface area contributed by atoms with Crippen LogP contribution in [0.1, 0.15) is 19.2 Å². The lowest BCUT2D eigenvalue weighted by atomic mass is 9.99. The first-order chi connectivity index (χ1) is 6.65. The third-order valence-electron chi connectivity index (χ3n) is 2.18. The van der Waals surface area contributed by atoms with E-state index >= 15 is 0 Å². The van der Waals surface area contributed by atoms with Gasteiger partial charge in [0, 0.05) is 0 Å². The topological polar surface area (TPSA) is 91.4 Å². The van der Waals surface area contributed by atoms with E-state index in [1.54, 1.807) is 6.92 Å². The molecule has 0 aromatic carbocycles. The first-order valence-electron chi connectivity index (χ1n) is 4.46. The largest absolute Gasteiger partial charge is 0.394 e. The Morgan fingerprint density at radius 1 is 1.43 bits per heavy atom. The second-order valence-electron chi connectivity index (χ2n) is 3.22. The number of aliphatic hydroxyl groups is 2. The zero-order valence-corrected chi connectivity index (χ0v) is 8.32. The van der Waals surface area contributed by atoms with Gasteiger partial charge in [0.05, 0.1) is 18.8 Å². The Labute approximate surface area is 81.9 Å². The molecule has 1 rings (SSSR count). The molecule has 0 amide bonds. The molecule has 0 saturated carbocycles. The molecule has 1 aromatic heterocycles. The molecule has 6 heteroatoms. The van der Waals surface area contributed by atoms with E-state index in [1.165, 1.54) is 0 Å². The first kappa shape index (κ1) is 10.9. The molecule has 6 nitrogen and oxygen atoms in total. The molecule has 0 aliphatic carbocycles. The van der Waals surface area contributed by atoms with Crippen molar-refractivity contribution in [2.75, 3.05) is 18.5 Å². The molecule has 3 N–H and O–H groups in total. The van der Waals surface area contributed by atoms with Crippen molar-refractivity contribution in [1.29, 1.82) is 0 Å². The van der Waals surface area contributed by atoms with Crippen LogP contribution in [0.5, 0.6) is 0 Å². The number of rotatable bonds is 5. The first-order valence-corrected chi connectivity index (χ1v) is 4.46.